The highest BCUT2D eigenvalue weighted by atomic mass is 16.4. The van der Waals surface area contributed by atoms with Gasteiger partial charge >= 0.3 is 5.97 Å². The monoisotopic (exact) mass is 179 g/mol. The zero-order valence-corrected chi connectivity index (χ0v) is 7.55. The van der Waals surface area contributed by atoms with Crippen LogP contribution in [-0.2, 0) is 4.79 Å². The second kappa shape index (κ2) is 2.47. The fourth-order valence-corrected chi connectivity index (χ4v) is 2.67. The molecule has 70 valence electrons. The van der Waals surface area contributed by atoms with Crippen molar-refractivity contribution < 1.29 is 9.90 Å². The van der Waals surface area contributed by atoms with Gasteiger partial charge in [-0.2, -0.15) is 5.26 Å². The topological polar surface area (TPSA) is 61.1 Å². The maximum absolute atomic E-state index is 11.0. The van der Waals surface area contributed by atoms with E-state index in [1.807, 2.05) is 0 Å². The van der Waals surface area contributed by atoms with Crippen LogP contribution < -0.4 is 0 Å². The number of hydrogen-bond acceptors (Lipinski definition) is 2. The summed E-state index contributed by atoms with van der Waals surface area (Å²) in [5.41, 5.74) is -0.643. The third-order valence-corrected chi connectivity index (χ3v) is 3.94. The van der Waals surface area contributed by atoms with Gasteiger partial charge in [0.15, 0.2) is 0 Å². The van der Waals surface area contributed by atoms with Crippen LogP contribution >= 0.6 is 0 Å². The molecule has 3 nitrogen and oxygen atoms in total. The number of hydrogen-bond donors (Lipinski definition) is 1. The summed E-state index contributed by atoms with van der Waals surface area (Å²) in [6.07, 6.45) is 4.48. The Hall–Kier alpha value is -1.04. The van der Waals surface area contributed by atoms with Crippen molar-refractivity contribution in [3.63, 3.8) is 0 Å². The van der Waals surface area contributed by atoms with Crippen molar-refractivity contribution in [2.75, 3.05) is 0 Å². The van der Waals surface area contributed by atoms with Crippen molar-refractivity contribution in [3.8, 4) is 6.07 Å². The third kappa shape index (κ3) is 1.05. The largest absolute Gasteiger partial charge is 0.481 e. The zero-order valence-electron chi connectivity index (χ0n) is 7.55. The van der Waals surface area contributed by atoms with Crippen LogP contribution in [0, 0.1) is 22.2 Å². The van der Waals surface area contributed by atoms with Crippen LogP contribution in [-0.4, -0.2) is 11.1 Å². The molecule has 1 N–H and O–H groups in total. The minimum Gasteiger partial charge on any atom is -0.481 e. The van der Waals surface area contributed by atoms with Crippen molar-refractivity contribution in [1.82, 2.24) is 0 Å². The van der Waals surface area contributed by atoms with Gasteiger partial charge in [0, 0.05) is 0 Å². The van der Waals surface area contributed by atoms with E-state index in [0.717, 1.165) is 19.3 Å². The number of carboxylic acid groups (broad SMARTS) is 1. The molecule has 0 spiro atoms. The molecule has 0 atom stereocenters. The molecular formula is C10H13NO2. The lowest BCUT2D eigenvalue weighted by Gasteiger charge is -2.47. The molecule has 13 heavy (non-hydrogen) atoms. The highest BCUT2D eigenvalue weighted by molar-refractivity contribution is 5.75. The maximum atomic E-state index is 11.0. The van der Waals surface area contributed by atoms with E-state index in [2.05, 4.69) is 6.07 Å². The van der Waals surface area contributed by atoms with Gasteiger partial charge < -0.3 is 5.11 Å². The van der Waals surface area contributed by atoms with Crippen molar-refractivity contribution >= 4 is 5.97 Å². The Balaban J connectivity index is 2.22. The van der Waals surface area contributed by atoms with Gasteiger partial charge in [-0.1, -0.05) is 0 Å². The lowest BCUT2D eigenvalue weighted by atomic mass is 9.54. The summed E-state index contributed by atoms with van der Waals surface area (Å²) in [7, 11) is 0. The maximum Gasteiger partial charge on any atom is 0.309 e. The number of carbonyl (C=O) groups is 1. The first-order valence-corrected chi connectivity index (χ1v) is 4.77. The van der Waals surface area contributed by atoms with Crippen LogP contribution in [0.5, 0.6) is 0 Å². The van der Waals surface area contributed by atoms with E-state index < -0.39 is 11.4 Å². The molecule has 0 radical (unpaired) electrons. The molecule has 3 fully saturated rings. The first-order valence-electron chi connectivity index (χ1n) is 4.77. The van der Waals surface area contributed by atoms with Crippen molar-refractivity contribution in [2.45, 2.75) is 38.5 Å². The van der Waals surface area contributed by atoms with Crippen molar-refractivity contribution in [3.05, 3.63) is 0 Å². The Kier molecular flexibility index (Phi) is 1.63. The van der Waals surface area contributed by atoms with Gasteiger partial charge in [0.2, 0.25) is 0 Å². The van der Waals surface area contributed by atoms with E-state index in [1.54, 1.807) is 0 Å². The Morgan fingerprint density at radius 3 is 1.92 bits per heavy atom. The standard InChI is InChI=1S/C10H13NO2/c11-7-9-1-4-10(5-2-9,6-3-9)8(12)13/h1-6H2,(H,12,13). The van der Waals surface area contributed by atoms with E-state index in [1.165, 1.54) is 0 Å². The molecule has 2 bridgehead atoms. The van der Waals surface area contributed by atoms with Gasteiger partial charge in [-0.15, -0.1) is 0 Å². The van der Waals surface area contributed by atoms with E-state index in [0.29, 0.717) is 19.3 Å². The molecule has 3 saturated carbocycles. The molecule has 0 amide bonds. The molecule has 0 saturated heterocycles. The summed E-state index contributed by atoms with van der Waals surface area (Å²) >= 11 is 0. The number of nitrogens with zero attached hydrogens (tertiary/aromatic N) is 1. The number of aliphatic carboxylic acids is 1. The molecule has 0 aromatic heterocycles. The van der Waals surface area contributed by atoms with Gasteiger partial charge in [0.05, 0.1) is 16.9 Å². The Labute approximate surface area is 77.4 Å². The summed E-state index contributed by atoms with van der Waals surface area (Å²) in [5.74, 6) is -0.654. The SMILES string of the molecule is N#CC12CCC(C(=O)O)(CC1)CC2. The number of fused-ring (bicyclic) bond motifs is 3. The van der Waals surface area contributed by atoms with Crippen LogP contribution in [0.3, 0.4) is 0 Å². The second-order valence-electron chi connectivity index (χ2n) is 4.48. The smallest absolute Gasteiger partial charge is 0.309 e. The normalized spacial score (nSPS) is 42.7. The summed E-state index contributed by atoms with van der Waals surface area (Å²) in [6, 6.07) is 2.37. The fourth-order valence-electron chi connectivity index (χ4n) is 2.67. The molecule has 3 aliphatic carbocycles. The van der Waals surface area contributed by atoms with Crippen LogP contribution in [0.4, 0.5) is 0 Å². The molecule has 3 rings (SSSR count). The van der Waals surface area contributed by atoms with E-state index >= 15 is 0 Å². The molecule has 0 aromatic rings. The van der Waals surface area contributed by atoms with Crippen LogP contribution in [0.15, 0.2) is 0 Å². The molecule has 3 aliphatic rings. The van der Waals surface area contributed by atoms with Gasteiger partial charge in [-0.05, 0) is 38.5 Å². The van der Waals surface area contributed by atoms with Crippen LogP contribution in [0.25, 0.3) is 0 Å². The average Bonchev–Trinajstić information content (AvgIpc) is 2.20. The predicted octanol–water partition coefficient (Wildman–Crippen LogP) is 1.94. The Bertz CT molecular complexity index is 265. The number of carboxylic acids is 1. The highest BCUT2D eigenvalue weighted by Crippen LogP contribution is 2.56. The first kappa shape index (κ1) is 8.55. The second-order valence-corrected chi connectivity index (χ2v) is 4.48. The van der Waals surface area contributed by atoms with Gasteiger partial charge in [-0.25, -0.2) is 0 Å². The molecule has 0 aromatic carbocycles. The summed E-state index contributed by atoms with van der Waals surface area (Å²) in [4.78, 5) is 11.0. The lowest BCUT2D eigenvalue weighted by molar-refractivity contribution is -0.157. The number of nitriles is 1. The minimum absolute atomic E-state index is 0.169. The van der Waals surface area contributed by atoms with Crippen LogP contribution in [0.2, 0.25) is 0 Å². The fraction of sp³-hybridized carbons (Fsp3) is 0.800. The predicted molar refractivity (Wildman–Crippen MR) is 45.8 cm³/mol. The molecule has 0 heterocycles. The van der Waals surface area contributed by atoms with Crippen molar-refractivity contribution in [2.24, 2.45) is 10.8 Å². The number of rotatable bonds is 1. The van der Waals surface area contributed by atoms with Crippen LogP contribution in [0.1, 0.15) is 38.5 Å². The molecule has 3 heteroatoms. The summed E-state index contributed by atoms with van der Waals surface area (Å²) < 4.78 is 0. The van der Waals surface area contributed by atoms with Gasteiger partial charge in [-0.3, -0.25) is 4.79 Å². The summed E-state index contributed by atoms with van der Waals surface area (Å²) in [5, 5.41) is 18.1. The van der Waals surface area contributed by atoms with E-state index in [9.17, 15) is 4.79 Å². The Morgan fingerprint density at radius 1 is 1.15 bits per heavy atom. The van der Waals surface area contributed by atoms with Crippen molar-refractivity contribution in [1.29, 1.82) is 5.26 Å². The molecule has 0 unspecified atom stereocenters. The highest BCUT2D eigenvalue weighted by Gasteiger charge is 2.52. The quantitative estimate of drug-likeness (QED) is 0.669. The molecular weight excluding hydrogens is 166 g/mol. The molecule has 0 aliphatic heterocycles. The first-order chi connectivity index (χ1) is 6.13. The van der Waals surface area contributed by atoms with Gasteiger partial charge in [0.25, 0.3) is 0 Å². The van der Waals surface area contributed by atoms with E-state index in [-0.39, 0.29) is 5.41 Å². The minimum atomic E-state index is -0.654. The van der Waals surface area contributed by atoms with Gasteiger partial charge in [0.1, 0.15) is 0 Å². The lowest BCUT2D eigenvalue weighted by Crippen LogP contribution is -2.45. The Morgan fingerprint density at radius 2 is 1.62 bits per heavy atom. The van der Waals surface area contributed by atoms with E-state index in [4.69, 9.17) is 10.4 Å². The third-order valence-electron chi connectivity index (χ3n) is 3.94. The average molecular weight is 179 g/mol. The summed E-state index contributed by atoms with van der Waals surface area (Å²) in [6.45, 7) is 0. The zero-order chi connectivity index (χ0) is 9.53.